The van der Waals surface area contributed by atoms with Crippen molar-refractivity contribution in [2.24, 2.45) is 5.73 Å². The molecule has 3 N–H and O–H groups in total. The van der Waals surface area contributed by atoms with Gasteiger partial charge in [-0.15, -0.1) is 0 Å². The molecule has 4 heteroatoms. The first kappa shape index (κ1) is 14.6. The molecule has 0 atom stereocenters. The van der Waals surface area contributed by atoms with Gasteiger partial charge < -0.3 is 15.8 Å². The van der Waals surface area contributed by atoms with Gasteiger partial charge in [0.25, 0.3) is 0 Å². The van der Waals surface area contributed by atoms with Crippen LogP contribution in [0, 0.1) is 11.8 Å². The van der Waals surface area contributed by atoms with Gasteiger partial charge in [0.15, 0.2) is 0 Å². The summed E-state index contributed by atoms with van der Waals surface area (Å²) in [5.41, 5.74) is 6.70. The maximum absolute atomic E-state index is 12.1. The molecule has 106 valence electrons. The molecule has 0 aliphatic heterocycles. The van der Waals surface area contributed by atoms with Crippen LogP contribution < -0.4 is 11.1 Å². The second-order valence-corrected chi connectivity index (χ2v) is 5.05. The van der Waals surface area contributed by atoms with E-state index in [4.69, 9.17) is 10.5 Å². The van der Waals surface area contributed by atoms with Crippen molar-refractivity contribution < 1.29 is 9.53 Å². The highest BCUT2D eigenvalue weighted by atomic mass is 16.5. The van der Waals surface area contributed by atoms with E-state index in [2.05, 4.69) is 17.2 Å². The predicted octanol–water partition coefficient (Wildman–Crippen LogP) is 1.89. The Balaban J connectivity index is 1.97. The molecule has 1 fully saturated rings. The summed E-state index contributed by atoms with van der Waals surface area (Å²) < 4.78 is 5.46. The number of hydrogen-bond donors (Lipinski definition) is 2. The average molecular weight is 272 g/mol. The number of anilines is 1. The number of nitrogens with two attached hydrogens (primary N) is 1. The van der Waals surface area contributed by atoms with Crippen LogP contribution in [0.1, 0.15) is 31.2 Å². The summed E-state index contributed by atoms with van der Waals surface area (Å²) in [7, 11) is 1.68. The molecule has 1 aromatic carbocycles. The lowest BCUT2D eigenvalue weighted by Crippen LogP contribution is -2.42. The van der Waals surface area contributed by atoms with E-state index in [1.54, 1.807) is 7.11 Å². The van der Waals surface area contributed by atoms with E-state index in [0.717, 1.165) is 30.5 Å². The summed E-state index contributed by atoms with van der Waals surface area (Å²) in [6, 6.07) is 7.46. The first-order valence-electron chi connectivity index (χ1n) is 6.81. The van der Waals surface area contributed by atoms with Crippen molar-refractivity contribution >= 4 is 11.6 Å². The van der Waals surface area contributed by atoms with E-state index in [1.807, 2.05) is 24.3 Å². The van der Waals surface area contributed by atoms with Crippen molar-refractivity contribution in [1.82, 2.24) is 0 Å². The minimum Gasteiger partial charge on any atom is -0.378 e. The SMILES string of the molecule is COC1(CC(=O)Nc2cccc(C#CCN)c2)CCC1. The van der Waals surface area contributed by atoms with Crippen molar-refractivity contribution in [2.75, 3.05) is 19.0 Å². The van der Waals surface area contributed by atoms with E-state index in [-0.39, 0.29) is 11.5 Å². The molecule has 0 bridgehead atoms. The lowest BCUT2D eigenvalue weighted by Gasteiger charge is -2.39. The highest BCUT2D eigenvalue weighted by Crippen LogP contribution is 2.38. The summed E-state index contributed by atoms with van der Waals surface area (Å²) in [6.45, 7) is 0.326. The van der Waals surface area contributed by atoms with E-state index < -0.39 is 0 Å². The van der Waals surface area contributed by atoms with E-state index in [0.29, 0.717) is 13.0 Å². The molecule has 1 aliphatic carbocycles. The fourth-order valence-corrected chi connectivity index (χ4v) is 2.35. The number of rotatable bonds is 4. The van der Waals surface area contributed by atoms with Crippen LogP contribution in [0.3, 0.4) is 0 Å². The lowest BCUT2D eigenvalue weighted by molar-refractivity contribution is -0.129. The molecule has 0 heterocycles. The highest BCUT2D eigenvalue weighted by Gasteiger charge is 2.38. The monoisotopic (exact) mass is 272 g/mol. The van der Waals surface area contributed by atoms with Gasteiger partial charge in [0, 0.05) is 18.4 Å². The molecule has 0 radical (unpaired) electrons. The van der Waals surface area contributed by atoms with Crippen molar-refractivity contribution in [2.45, 2.75) is 31.3 Å². The van der Waals surface area contributed by atoms with Crippen LogP contribution in [0.25, 0.3) is 0 Å². The zero-order valence-electron chi connectivity index (χ0n) is 11.7. The van der Waals surface area contributed by atoms with Crippen LogP contribution in [0.2, 0.25) is 0 Å². The molecule has 2 rings (SSSR count). The second-order valence-electron chi connectivity index (χ2n) is 5.05. The number of carbonyl (C=O) groups excluding carboxylic acids is 1. The van der Waals surface area contributed by atoms with Crippen molar-refractivity contribution in [3.63, 3.8) is 0 Å². The zero-order chi connectivity index (χ0) is 14.4. The van der Waals surface area contributed by atoms with Gasteiger partial charge in [-0.3, -0.25) is 4.79 Å². The molecule has 0 aromatic heterocycles. The van der Waals surface area contributed by atoms with Gasteiger partial charge in [-0.25, -0.2) is 0 Å². The number of hydrogen-bond acceptors (Lipinski definition) is 3. The molecule has 20 heavy (non-hydrogen) atoms. The van der Waals surface area contributed by atoms with Crippen molar-refractivity contribution in [3.8, 4) is 11.8 Å². The summed E-state index contributed by atoms with van der Waals surface area (Å²) in [5, 5.41) is 2.90. The van der Waals surface area contributed by atoms with Crippen LogP contribution in [-0.2, 0) is 9.53 Å². The Bertz CT molecular complexity index is 533. The Morgan fingerprint density at radius 1 is 1.50 bits per heavy atom. The number of nitrogens with one attached hydrogen (secondary N) is 1. The fraction of sp³-hybridized carbons (Fsp3) is 0.438. The molecule has 0 spiro atoms. The Hall–Kier alpha value is -1.83. The molecule has 0 unspecified atom stereocenters. The first-order chi connectivity index (χ1) is 9.67. The Kier molecular flexibility index (Phi) is 4.78. The third kappa shape index (κ3) is 3.60. The number of amides is 1. The second kappa shape index (κ2) is 6.56. The Morgan fingerprint density at radius 3 is 2.90 bits per heavy atom. The first-order valence-corrected chi connectivity index (χ1v) is 6.81. The van der Waals surface area contributed by atoms with Gasteiger partial charge in [-0.1, -0.05) is 17.9 Å². The van der Waals surface area contributed by atoms with Gasteiger partial charge in [0.1, 0.15) is 0 Å². The summed E-state index contributed by atoms with van der Waals surface area (Å²) in [5.74, 6) is 5.73. The topological polar surface area (TPSA) is 64.3 Å². The minimum absolute atomic E-state index is 0.0181. The summed E-state index contributed by atoms with van der Waals surface area (Å²) in [6.07, 6.45) is 3.45. The number of methoxy groups -OCH3 is 1. The molecule has 1 saturated carbocycles. The zero-order valence-corrected chi connectivity index (χ0v) is 11.7. The van der Waals surface area contributed by atoms with Crippen LogP contribution in [0.15, 0.2) is 24.3 Å². The van der Waals surface area contributed by atoms with Crippen LogP contribution >= 0.6 is 0 Å². The van der Waals surface area contributed by atoms with E-state index >= 15 is 0 Å². The smallest absolute Gasteiger partial charge is 0.227 e. The number of ether oxygens (including phenoxy) is 1. The van der Waals surface area contributed by atoms with Gasteiger partial charge in [0.05, 0.1) is 18.6 Å². The molecular weight excluding hydrogens is 252 g/mol. The van der Waals surface area contributed by atoms with Crippen LogP contribution in [0.5, 0.6) is 0 Å². The highest BCUT2D eigenvalue weighted by molar-refractivity contribution is 5.91. The normalized spacial score (nSPS) is 15.7. The lowest BCUT2D eigenvalue weighted by atomic mass is 9.77. The van der Waals surface area contributed by atoms with E-state index in [9.17, 15) is 4.79 Å². The number of carbonyl (C=O) groups is 1. The predicted molar refractivity (Wildman–Crippen MR) is 79.2 cm³/mol. The fourth-order valence-electron chi connectivity index (χ4n) is 2.35. The van der Waals surface area contributed by atoms with E-state index in [1.165, 1.54) is 0 Å². The molecular formula is C16H20N2O2. The van der Waals surface area contributed by atoms with Crippen molar-refractivity contribution in [1.29, 1.82) is 0 Å². The third-order valence-electron chi connectivity index (χ3n) is 3.66. The quantitative estimate of drug-likeness (QED) is 0.823. The van der Waals surface area contributed by atoms with Gasteiger partial charge in [-0.2, -0.15) is 0 Å². The van der Waals surface area contributed by atoms with Gasteiger partial charge in [-0.05, 0) is 37.5 Å². The van der Waals surface area contributed by atoms with Crippen molar-refractivity contribution in [3.05, 3.63) is 29.8 Å². The maximum atomic E-state index is 12.1. The average Bonchev–Trinajstić information content (AvgIpc) is 2.41. The molecule has 4 nitrogen and oxygen atoms in total. The molecule has 1 amide bonds. The molecule has 1 aromatic rings. The largest absolute Gasteiger partial charge is 0.378 e. The maximum Gasteiger partial charge on any atom is 0.227 e. The third-order valence-corrected chi connectivity index (χ3v) is 3.66. The van der Waals surface area contributed by atoms with Crippen LogP contribution in [-0.4, -0.2) is 25.2 Å². The Labute approximate surface area is 119 Å². The Morgan fingerprint density at radius 2 is 2.30 bits per heavy atom. The number of benzene rings is 1. The van der Waals surface area contributed by atoms with Crippen LogP contribution in [0.4, 0.5) is 5.69 Å². The summed E-state index contributed by atoms with van der Waals surface area (Å²) in [4.78, 5) is 12.1. The standard InChI is InChI=1S/C16H20N2O2/c1-20-16(8-4-9-16)12-15(19)18-14-7-2-5-13(11-14)6-3-10-17/h2,5,7,11H,4,8-10,12,17H2,1H3,(H,18,19). The molecule has 0 saturated heterocycles. The van der Waals surface area contributed by atoms with Gasteiger partial charge in [0.2, 0.25) is 5.91 Å². The summed E-state index contributed by atoms with van der Waals surface area (Å²) >= 11 is 0. The minimum atomic E-state index is -0.249. The van der Waals surface area contributed by atoms with Gasteiger partial charge >= 0.3 is 0 Å². The molecule has 1 aliphatic rings.